The van der Waals surface area contributed by atoms with Crippen LogP contribution in [-0.2, 0) is 16.0 Å². The Morgan fingerprint density at radius 3 is 2.33 bits per heavy atom. The Balaban J connectivity index is 1.72. The number of esters is 1. The zero-order valence-corrected chi connectivity index (χ0v) is 15.5. The molecule has 0 saturated heterocycles. The van der Waals surface area contributed by atoms with Gasteiger partial charge in [-0.3, -0.25) is 4.79 Å². The highest BCUT2D eigenvalue weighted by molar-refractivity contribution is 7.10. The van der Waals surface area contributed by atoms with Gasteiger partial charge in [0.05, 0.1) is 10.8 Å². The van der Waals surface area contributed by atoms with Gasteiger partial charge in [0.25, 0.3) is 0 Å². The second kappa shape index (κ2) is 8.07. The van der Waals surface area contributed by atoms with Crippen molar-refractivity contribution in [1.29, 1.82) is 0 Å². The second-order valence-electron chi connectivity index (χ2n) is 6.42. The van der Waals surface area contributed by atoms with Crippen LogP contribution in [0.25, 0.3) is 0 Å². The van der Waals surface area contributed by atoms with Crippen molar-refractivity contribution < 1.29 is 9.53 Å². The van der Waals surface area contributed by atoms with E-state index in [1.165, 1.54) is 6.26 Å². The first-order valence-corrected chi connectivity index (χ1v) is 9.74. The number of carbonyl (C=O) groups excluding carboxylic acids is 1. The summed E-state index contributed by atoms with van der Waals surface area (Å²) in [4.78, 5) is 13.6. The van der Waals surface area contributed by atoms with Gasteiger partial charge in [-0.25, -0.2) is 0 Å². The SMILES string of the molecule is O=C1OC=C(C#Cc2cccs2)[C@@H](c2ccccc2)[C@@H]1Cc1ccccc1. The van der Waals surface area contributed by atoms with E-state index in [1.807, 2.05) is 66.0 Å². The molecule has 132 valence electrons. The molecule has 0 bridgehead atoms. The summed E-state index contributed by atoms with van der Waals surface area (Å²) in [6.07, 6.45) is 2.15. The molecule has 0 unspecified atom stereocenters. The molecule has 3 aromatic rings. The normalized spacial score (nSPS) is 18.8. The number of allylic oxidation sites excluding steroid dienone is 1. The highest BCUT2D eigenvalue weighted by Gasteiger charge is 2.36. The number of benzene rings is 2. The quantitative estimate of drug-likeness (QED) is 0.469. The smallest absolute Gasteiger partial charge is 0.315 e. The molecule has 0 aliphatic carbocycles. The van der Waals surface area contributed by atoms with Crippen molar-refractivity contribution in [2.45, 2.75) is 12.3 Å². The van der Waals surface area contributed by atoms with E-state index in [-0.39, 0.29) is 17.8 Å². The number of hydrogen-bond acceptors (Lipinski definition) is 3. The van der Waals surface area contributed by atoms with Crippen LogP contribution in [0.3, 0.4) is 0 Å². The Morgan fingerprint density at radius 1 is 0.889 bits per heavy atom. The summed E-state index contributed by atoms with van der Waals surface area (Å²) in [5.74, 6) is 5.85. The first kappa shape index (κ1) is 17.3. The van der Waals surface area contributed by atoms with Crippen LogP contribution in [0, 0.1) is 17.8 Å². The Hall–Kier alpha value is -3.09. The fraction of sp³-hybridized carbons (Fsp3) is 0.125. The van der Waals surface area contributed by atoms with Crippen LogP contribution in [0.1, 0.15) is 21.9 Å². The van der Waals surface area contributed by atoms with E-state index in [9.17, 15) is 4.79 Å². The van der Waals surface area contributed by atoms with E-state index < -0.39 is 0 Å². The number of carbonyl (C=O) groups is 1. The molecular formula is C24H18O2S. The number of hydrogen-bond donors (Lipinski definition) is 0. The highest BCUT2D eigenvalue weighted by Crippen LogP contribution is 2.38. The molecule has 1 aliphatic rings. The third kappa shape index (κ3) is 4.02. The van der Waals surface area contributed by atoms with Gasteiger partial charge in [-0.2, -0.15) is 0 Å². The summed E-state index contributed by atoms with van der Waals surface area (Å²) in [6.45, 7) is 0. The zero-order chi connectivity index (χ0) is 18.5. The number of ether oxygens (including phenoxy) is 1. The molecule has 4 rings (SSSR count). The van der Waals surface area contributed by atoms with Crippen LogP contribution in [0.2, 0.25) is 0 Å². The van der Waals surface area contributed by atoms with E-state index in [2.05, 4.69) is 24.0 Å². The molecule has 2 nitrogen and oxygen atoms in total. The molecule has 0 N–H and O–H groups in total. The van der Waals surface area contributed by atoms with Crippen molar-refractivity contribution in [3.05, 3.63) is 106 Å². The fourth-order valence-electron chi connectivity index (χ4n) is 3.37. The van der Waals surface area contributed by atoms with Gasteiger partial charge < -0.3 is 4.74 Å². The molecule has 0 spiro atoms. The number of cyclic esters (lactones) is 1. The van der Waals surface area contributed by atoms with Crippen molar-refractivity contribution in [3.8, 4) is 11.8 Å². The summed E-state index contributed by atoms with van der Waals surface area (Å²) in [7, 11) is 0. The molecule has 0 fully saturated rings. The van der Waals surface area contributed by atoms with E-state index in [4.69, 9.17) is 4.74 Å². The van der Waals surface area contributed by atoms with Crippen LogP contribution >= 0.6 is 11.3 Å². The molecule has 1 aliphatic heterocycles. The molecule has 0 amide bonds. The van der Waals surface area contributed by atoms with Gasteiger partial charge in [0, 0.05) is 11.5 Å². The van der Waals surface area contributed by atoms with Crippen LogP contribution in [0.15, 0.2) is 90.0 Å². The van der Waals surface area contributed by atoms with Gasteiger partial charge in [-0.05, 0) is 29.0 Å². The van der Waals surface area contributed by atoms with E-state index >= 15 is 0 Å². The summed E-state index contributed by atoms with van der Waals surface area (Å²) >= 11 is 1.60. The number of rotatable bonds is 3. The van der Waals surface area contributed by atoms with E-state index in [0.29, 0.717) is 6.42 Å². The summed E-state index contributed by atoms with van der Waals surface area (Å²) in [5.41, 5.74) is 3.05. The van der Waals surface area contributed by atoms with E-state index in [1.54, 1.807) is 11.3 Å². The number of thiophene rings is 1. The standard InChI is InChI=1S/C24H18O2S/c25-24-22(16-18-8-3-1-4-9-18)23(19-10-5-2-6-11-19)20(17-26-24)13-14-21-12-7-15-27-21/h1-12,15,17,22-23H,16H2/t22-,23+/m0/s1. The van der Waals surface area contributed by atoms with Crippen LogP contribution < -0.4 is 0 Å². The van der Waals surface area contributed by atoms with Gasteiger partial charge in [-0.1, -0.05) is 78.6 Å². The minimum absolute atomic E-state index is 0.111. The zero-order valence-electron chi connectivity index (χ0n) is 14.7. The highest BCUT2D eigenvalue weighted by atomic mass is 32.1. The molecule has 0 saturated carbocycles. The molecule has 1 aromatic heterocycles. The maximum Gasteiger partial charge on any atom is 0.315 e. The summed E-state index contributed by atoms with van der Waals surface area (Å²) in [5, 5.41) is 2.01. The Labute approximate surface area is 163 Å². The van der Waals surface area contributed by atoms with Crippen molar-refractivity contribution in [3.63, 3.8) is 0 Å². The van der Waals surface area contributed by atoms with Gasteiger partial charge in [0.15, 0.2) is 0 Å². The second-order valence-corrected chi connectivity index (χ2v) is 7.37. The monoisotopic (exact) mass is 370 g/mol. The average Bonchev–Trinajstić information content (AvgIpc) is 3.23. The molecule has 2 heterocycles. The van der Waals surface area contributed by atoms with Crippen molar-refractivity contribution in [2.24, 2.45) is 5.92 Å². The topological polar surface area (TPSA) is 26.3 Å². The van der Waals surface area contributed by atoms with Crippen LogP contribution in [-0.4, -0.2) is 5.97 Å². The lowest BCUT2D eigenvalue weighted by molar-refractivity contribution is -0.144. The Bertz CT molecular complexity index is 993. The van der Waals surface area contributed by atoms with Crippen LogP contribution in [0.4, 0.5) is 0 Å². The molecule has 2 aromatic carbocycles. The first-order valence-electron chi connectivity index (χ1n) is 8.86. The molecule has 27 heavy (non-hydrogen) atoms. The summed E-state index contributed by atoms with van der Waals surface area (Å²) in [6, 6.07) is 24.1. The third-order valence-corrected chi connectivity index (χ3v) is 5.44. The largest absolute Gasteiger partial charge is 0.433 e. The molecule has 2 atom stereocenters. The van der Waals surface area contributed by atoms with Crippen molar-refractivity contribution in [1.82, 2.24) is 0 Å². The lowest BCUT2D eigenvalue weighted by Gasteiger charge is -2.29. The third-order valence-electron chi connectivity index (χ3n) is 4.65. The molecule has 0 radical (unpaired) electrons. The van der Waals surface area contributed by atoms with Crippen molar-refractivity contribution in [2.75, 3.05) is 0 Å². The minimum Gasteiger partial charge on any atom is -0.433 e. The Kier molecular flexibility index (Phi) is 5.18. The lowest BCUT2D eigenvalue weighted by Crippen LogP contribution is -2.30. The predicted molar refractivity (Wildman–Crippen MR) is 108 cm³/mol. The Morgan fingerprint density at radius 2 is 1.63 bits per heavy atom. The molecule has 3 heteroatoms. The first-order chi connectivity index (χ1) is 13.3. The maximum atomic E-state index is 12.6. The predicted octanol–water partition coefficient (Wildman–Crippen LogP) is 5.18. The fourth-order valence-corrected chi connectivity index (χ4v) is 3.94. The van der Waals surface area contributed by atoms with E-state index in [0.717, 1.165) is 21.6 Å². The van der Waals surface area contributed by atoms with Gasteiger partial charge in [-0.15, -0.1) is 11.3 Å². The minimum atomic E-state index is -0.299. The van der Waals surface area contributed by atoms with Crippen molar-refractivity contribution >= 4 is 17.3 Å². The van der Waals surface area contributed by atoms with Gasteiger partial charge >= 0.3 is 5.97 Å². The van der Waals surface area contributed by atoms with Gasteiger partial charge in [0.1, 0.15) is 6.26 Å². The molecular weight excluding hydrogens is 352 g/mol. The summed E-state index contributed by atoms with van der Waals surface area (Å²) < 4.78 is 5.40. The maximum absolute atomic E-state index is 12.6. The average molecular weight is 370 g/mol. The van der Waals surface area contributed by atoms with Crippen LogP contribution in [0.5, 0.6) is 0 Å². The van der Waals surface area contributed by atoms with Gasteiger partial charge in [0.2, 0.25) is 0 Å². The lowest BCUT2D eigenvalue weighted by atomic mass is 9.77.